The molecule has 0 saturated carbocycles. The van der Waals surface area contributed by atoms with E-state index in [9.17, 15) is 13.2 Å². The van der Waals surface area contributed by atoms with Crippen LogP contribution in [-0.4, -0.2) is 45.1 Å². The summed E-state index contributed by atoms with van der Waals surface area (Å²) in [5.41, 5.74) is 2.81. The van der Waals surface area contributed by atoms with E-state index in [0.29, 0.717) is 17.8 Å². The van der Waals surface area contributed by atoms with Crippen LogP contribution in [0.15, 0.2) is 48.5 Å². The minimum Gasteiger partial charge on any atom is -0.350 e. The van der Waals surface area contributed by atoms with Crippen molar-refractivity contribution in [3.8, 4) is 0 Å². The number of hydrogen-bond donors (Lipinski definition) is 2. The Morgan fingerprint density at radius 1 is 1.11 bits per heavy atom. The molecule has 0 aliphatic carbocycles. The molecule has 2 N–H and O–H groups in total. The summed E-state index contributed by atoms with van der Waals surface area (Å²) in [6.45, 7) is 4.37. The Morgan fingerprint density at radius 2 is 1.79 bits per heavy atom. The second-order valence-electron chi connectivity index (χ2n) is 7.28. The number of amides is 1. The minimum absolute atomic E-state index is 0.131. The summed E-state index contributed by atoms with van der Waals surface area (Å²) >= 11 is 0. The highest BCUT2D eigenvalue weighted by atomic mass is 32.2. The Hall–Kier alpha value is -2.38. The number of nitrogens with zero attached hydrogens (tertiary/aromatic N) is 1. The van der Waals surface area contributed by atoms with Crippen molar-refractivity contribution in [1.29, 1.82) is 0 Å². The van der Waals surface area contributed by atoms with Crippen LogP contribution in [0.4, 0.5) is 5.69 Å². The van der Waals surface area contributed by atoms with Gasteiger partial charge in [-0.3, -0.25) is 14.4 Å². The Labute approximate surface area is 167 Å². The lowest BCUT2D eigenvalue weighted by molar-refractivity contribution is 0.0938. The molecule has 1 heterocycles. The predicted molar refractivity (Wildman–Crippen MR) is 112 cm³/mol. The van der Waals surface area contributed by atoms with Gasteiger partial charge in [-0.1, -0.05) is 36.4 Å². The van der Waals surface area contributed by atoms with Crippen molar-refractivity contribution in [1.82, 2.24) is 10.2 Å². The fourth-order valence-corrected chi connectivity index (χ4v) is 4.17. The zero-order valence-electron chi connectivity index (χ0n) is 16.3. The summed E-state index contributed by atoms with van der Waals surface area (Å²) in [5.74, 6) is -0.211. The molecule has 0 aromatic heterocycles. The number of hydrogen-bond acceptors (Lipinski definition) is 4. The van der Waals surface area contributed by atoms with Crippen LogP contribution >= 0.6 is 0 Å². The maximum Gasteiger partial charge on any atom is 0.251 e. The molecule has 1 amide bonds. The van der Waals surface area contributed by atoms with E-state index in [1.807, 2.05) is 18.2 Å². The van der Waals surface area contributed by atoms with Crippen molar-refractivity contribution in [2.24, 2.45) is 0 Å². The third-order valence-electron chi connectivity index (χ3n) is 5.02. The first-order chi connectivity index (χ1) is 13.3. The first-order valence-corrected chi connectivity index (χ1v) is 11.4. The Balaban J connectivity index is 1.73. The molecular weight excluding hydrogens is 374 g/mol. The van der Waals surface area contributed by atoms with Gasteiger partial charge in [0, 0.05) is 12.1 Å². The molecule has 3 rings (SSSR count). The topological polar surface area (TPSA) is 78.5 Å². The molecule has 0 bridgehead atoms. The molecule has 7 heteroatoms. The number of aryl methyl sites for hydroxylation is 1. The van der Waals surface area contributed by atoms with Gasteiger partial charge in [0.25, 0.3) is 5.91 Å². The van der Waals surface area contributed by atoms with Crippen molar-refractivity contribution in [3.05, 3.63) is 65.2 Å². The maximum absolute atomic E-state index is 12.7. The van der Waals surface area contributed by atoms with E-state index in [1.54, 1.807) is 25.1 Å². The van der Waals surface area contributed by atoms with Crippen LogP contribution in [0, 0.1) is 6.92 Å². The highest BCUT2D eigenvalue weighted by Crippen LogP contribution is 2.25. The predicted octanol–water partition coefficient (Wildman–Crippen LogP) is 2.93. The summed E-state index contributed by atoms with van der Waals surface area (Å²) in [4.78, 5) is 15.1. The minimum atomic E-state index is -3.40. The zero-order valence-corrected chi connectivity index (χ0v) is 17.1. The van der Waals surface area contributed by atoms with Crippen LogP contribution in [0.1, 0.15) is 40.4 Å². The molecule has 0 unspecified atom stereocenters. The van der Waals surface area contributed by atoms with E-state index in [-0.39, 0.29) is 11.9 Å². The van der Waals surface area contributed by atoms with E-state index in [0.717, 1.165) is 24.9 Å². The highest BCUT2D eigenvalue weighted by molar-refractivity contribution is 7.92. The molecule has 1 aliphatic heterocycles. The van der Waals surface area contributed by atoms with Gasteiger partial charge in [-0.05, 0) is 56.1 Å². The van der Waals surface area contributed by atoms with Crippen LogP contribution in [0.2, 0.25) is 0 Å². The fraction of sp³-hybridized carbons (Fsp3) is 0.381. The van der Waals surface area contributed by atoms with Crippen molar-refractivity contribution >= 4 is 21.6 Å². The van der Waals surface area contributed by atoms with Crippen molar-refractivity contribution in [3.63, 3.8) is 0 Å². The number of rotatable bonds is 7. The van der Waals surface area contributed by atoms with Crippen LogP contribution in [0.25, 0.3) is 0 Å². The number of sulfonamides is 1. The van der Waals surface area contributed by atoms with E-state index in [1.165, 1.54) is 18.4 Å². The maximum atomic E-state index is 12.7. The lowest BCUT2D eigenvalue weighted by atomic mass is 10.0. The SMILES string of the molecule is Cc1ccc(C(=O)NC[C@@H](c2ccccc2)N2CCCC2)cc1NS(C)(=O)=O. The Bertz CT molecular complexity index is 923. The quantitative estimate of drug-likeness (QED) is 0.748. The van der Waals surface area contributed by atoms with Crippen LogP contribution in [-0.2, 0) is 10.0 Å². The summed E-state index contributed by atoms with van der Waals surface area (Å²) in [6, 6.07) is 15.4. The number of carbonyl (C=O) groups excluding carboxylic acids is 1. The fourth-order valence-electron chi connectivity index (χ4n) is 3.55. The molecule has 0 spiro atoms. The summed E-state index contributed by atoms with van der Waals surface area (Å²) in [7, 11) is -3.40. The Kier molecular flexibility index (Phi) is 6.36. The van der Waals surface area contributed by atoms with Gasteiger partial charge in [0.1, 0.15) is 0 Å². The van der Waals surface area contributed by atoms with Crippen LogP contribution in [0.5, 0.6) is 0 Å². The second-order valence-corrected chi connectivity index (χ2v) is 9.03. The number of likely N-dealkylation sites (tertiary alicyclic amines) is 1. The van der Waals surface area contributed by atoms with E-state index in [2.05, 4.69) is 27.1 Å². The molecule has 6 nitrogen and oxygen atoms in total. The van der Waals surface area contributed by atoms with Gasteiger partial charge in [-0.15, -0.1) is 0 Å². The molecular formula is C21H27N3O3S. The standard InChI is InChI=1S/C21H27N3O3S/c1-16-10-11-18(14-19(16)23-28(2,26)27)21(25)22-15-20(24-12-6-7-13-24)17-8-4-3-5-9-17/h3-5,8-11,14,20,23H,6-7,12-13,15H2,1-2H3,(H,22,25)/t20-/m0/s1. The molecule has 150 valence electrons. The van der Waals surface area contributed by atoms with Crippen molar-refractivity contribution < 1.29 is 13.2 Å². The number of carbonyl (C=O) groups is 1. The summed E-state index contributed by atoms with van der Waals surface area (Å²) in [5, 5.41) is 3.03. The smallest absolute Gasteiger partial charge is 0.251 e. The molecule has 0 radical (unpaired) electrons. The summed E-state index contributed by atoms with van der Waals surface area (Å²) < 4.78 is 25.5. The van der Waals surface area contributed by atoms with Crippen LogP contribution in [0.3, 0.4) is 0 Å². The first kappa shape index (κ1) is 20.4. The van der Waals surface area contributed by atoms with Gasteiger partial charge >= 0.3 is 0 Å². The zero-order chi connectivity index (χ0) is 20.1. The van der Waals surface area contributed by atoms with Gasteiger partial charge in [-0.25, -0.2) is 8.42 Å². The first-order valence-electron chi connectivity index (χ1n) is 9.49. The lowest BCUT2D eigenvalue weighted by Gasteiger charge is -2.28. The van der Waals surface area contributed by atoms with Gasteiger partial charge in [-0.2, -0.15) is 0 Å². The third kappa shape index (κ3) is 5.33. The van der Waals surface area contributed by atoms with Gasteiger partial charge in [0.15, 0.2) is 0 Å². The van der Waals surface area contributed by atoms with Gasteiger partial charge < -0.3 is 5.32 Å². The molecule has 1 saturated heterocycles. The average Bonchev–Trinajstić information content (AvgIpc) is 3.18. The van der Waals surface area contributed by atoms with E-state index < -0.39 is 10.0 Å². The third-order valence-corrected chi connectivity index (χ3v) is 5.61. The monoisotopic (exact) mass is 401 g/mol. The highest BCUT2D eigenvalue weighted by Gasteiger charge is 2.24. The Morgan fingerprint density at radius 3 is 2.43 bits per heavy atom. The molecule has 1 fully saturated rings. The average molecular weight is 402 g/mol. The van der Waals surface area contributed by atoms with Crippen LogP contribution < -0.4 is 10.0 Å². The number of anilines is 1. The van der Waals surface area contributed by atoms with Crippen molar-refractivity contribution in [2.45, 2.75) is 25.8 Å². The van der Waals surface area contributed by atoms with E-state index in [4.69, 9.17) is 0 Å². The van der Waals surface area contributed by atoms with Gasteiger partial charge in [0.05, 0.1) is 18.0 Å². The number of nitrogens with one attached hydrogen (secondary N) is 2. The lowest BCUT2D eigenvalue weighted by Crippen LogP contribution is -2.36. The van der Waals surface area contributed by atoms with Gasteiger partial charge in [0.2, 0.25) is 10.0 Å². The normalized spacial score (nSPS) is 15.9. The van der Waals surface area contributed by atoms with E-state index >= 15 is 0 Å². The molecule has 2 aromatic carbocycles. The largest absolute Gasteiger partial charge is 0.350 e. The number of benzene rings is 2. The second kappa shape index (κ2) is 8.75. The molecule has 1 aliphatic rings. The molecule has 1 atom stereocenters. The molecule has 28 heavy (non-hydrogen) atoms. The molecule has 2 aromatic rings. The van der Waals surface area contributed by atoms with Crippen molar-refractivity contribution in [2.75, 3.05) is 30.6 Å². The summed E-state index contributed by atoms with van der Waals surface area (Å²) in [6.07, 6.45) is 3.45.